The first-order valence-electron chi connectivity index (χ1n) is 9.81. The van der Waals surface area contributed by atoms with Crippen LogP contribution in [-0.2, 0) is 4.74 Å². The lowest BCUT2D eigenvalue weighted by Crippen LogP contribution is -2.46. The average molecular weight is 432 g/mol. The van der Waals surface area contributed by atoms with E-state index in [1.807, 2.05) is 6.07 Å². The van der Waals surface area contributed by atoms with E-state index in [0.29, 0.717) is 27.6 Å². The molecule has 1 N–H and O–H groups in total. The summed E-state index contributed by atoms with van der Waals surface area (Å²) >= 11 is 6.16. The molecule has 8 heteroatoms. The van der Waals surface area contributed by atoms with Crippen LogP contribution >= 0.6 is 11.6 Å². The zero-order valence-electron chi connectivity index (χ0n) is 17.4. The second-order valence-corrected chi connectivity index (χ2v) is 7.36. The number of amides is 1. The number of carbonyl (C=O) groups excluding carboxylic acids is 2. The van der Waals surface area contributed by atoms with Crippen molar-refractivity contribution in [1.82, 2.24) is 4.90 Å². The second-order valence-electron chi connectivity index (χ2n) is 6.95. The molecule has 1 fully saturated rings. The fraction of sp³-hybridized carbons (Fsp3) is 0.364. The summed E-state index contributed by atoms with van der Waals surface area (Å²) in [6, 6.07) is 10.1. The van der Waals surface area contributed by atoms with Crippen molar-refractivity contribution in [2.24, 2.45) is 0 Å². The third-order valence-corrected chi connectivity index (χ3v) is 5.54. The molecule has 2 aromatic carbocycles. The number of benzene rings is 2. The van der Waals surface area contributed by atoms with Crippen molar-refractivity contribution in [2.75, 3.05) is 57.2 Å². The van der Waals surface area contributed by atoms with Gasteiger partial charge in [-0.15, -0.1) is 0 Å². The van der Waals surface area contributed by atoms with Crippen molar-refractivity contribution in [3.05, 3.63) is 52.5 Å². The van der Waals surface area contributed by atoms with E-state index < -0.39 is 5.97 Å². The third-order valence-electron chi connectivity index (χ3n) is 5.24. The quantitative estimate of drug-likeness (QED) is 0.705. The Morgan fingerprint density at radius 3 is 2.33 bits per heavy atom. The summed E-state index contributed by atoms with van der Waals surface area (Å²) in [5.74, 6) is -0.286. The molecule has 1 aliphatic heterocycles. The molecule has 0 aromatic heterocycles. The van der Waals surface area contributed by atoms with Gasteiger partial charge < -0.3 is 24.6 Å². The molecule has 7 nitrogen and oxygen atoms in total. The number of anilines is 2. The highest BCUT2D eigenvalue weighted by Gasteiger charge is 2.21. The van der Waals surface area contributed by atoms with E-state index in [4.69, 9.17) is 21.1 Å². The number of ether oxygens (including phenoxy) is 2. The van der Waals surface area contributed by atoms with Crippen LogP contribution in [0.3, 0.4) is 0 Å². The Morgan fingerprint density at radius 1 is 1.03 bits per heavy atom. The molecule has 3 rings (SSSR count). The Balaban J connectivity index is 1.89. The maximum atomic E-state index is 12.9. The molecule has 0 aliphatic carbocycles. The van der Waals surface area contributed by atoms with E-state index in [9.17, 15) is 9.59 Å². The summed E-state index contributed by atoms with van der Waals surface area (Å²) in [7, 11) is 2.85. The largest absolute Gasteiger partial charge is 0.495 e. The minimum atomic E-state index is -0.458. The zero-order valence-corrected chi connectivity index (χ0v) is 18.2. The number of hydrogen-bond acceptors (Lipinski definition) is 6. The third kappa shape index (κ3) is 4.86. The van der Waals surface area contributed by atoms with E-state index in [0.717, 1.165) is 38.4 Å². The summed E-state index contributed by atoms with van der Waals surface area (Å²) in [6.45, 7) is 6.71. The maximum Gasteiger partial charge on any atom is 0.337 e. The van der Waals surface area contributed by atoms with Gasteiger partial charge in [0, 0.05) is 31.7 Å². The minimum absolute atomic E-state index is 0.324. The molecule has 1 heterocycles. The van der Waals surface area contributed by atoms with E-state index >= 15 is 0 Å². The summed E-state index contributed by atoms with van der Waals surface area (Å²) in [4.78, 5) is 29.5. The highest BCUT2D eigenvalue weighted by Crippen LogP contribution is 2.30. The number of halogens is 1. The van der Waals surface area contributed by atoms with Gasteiger partial charge in [0.1, 0.15) is 5.75 Å². The first-order valence-corrected chi connectivity index (χ1v) is 10.2. The average Bonchev–Trinajstić information content (AvgIpc) is 2.78. The summed E-state index contributed by atoms with van der Waals surface area (Å²) in [5.41, 5.74) is 2.19. The van der Waals surface area contributed by atoms with Gasteiger partial charge in [-0.1, -0.05) is 18.5 Å². The van der Waals surface area contributed by atoms with Gasteiger partial charge in [0.05, 0.1) is 36.2 Å². The van der Waals surface area contributed by atoms with Crippen LogP contribution < -0.4 is 15.0 Å². The number of nitrogens with one attached hydrogen (secondary N) is 1. The van der Waals surface area contributed by atoms with Crippen molar-refractivity contribution in [3.63, 3.8) is 0 Å². The monoisotopic (exact) mass is 431 g/mol. The highest BCUT2D eigenvalue weighted by atomic mass is 35.5. The lowest BCUT2D eigenvalue weighted by molar-refractivity contribution is 0.0600. The predicted molar refractivity (Wildman–Crippen MR) is 118 cm³/mol. The minimum Gasteiger partial charge on any atom is -0.495 e. The van der Waals surface area contributed by atoms with Gasteiger partial charge in [0.2, 0.25) is 0 Å². The molecule has 1 aliphatic rings. The molecular weight excluding hydrogens is 406 g/mol. The molecule has 0 radical (unpaired) electrons. The Kier molecular flexibility index (Phi) is 7.18. The van der Waals surface area contributed by atoms with Gasteiger partial charge in [-0.3, -0.25) is 4.79 Å². The second kappa shape index (κ2) is 9.82. The van der Waals surface area contributed by atoms with Crippen LogP contribution in [-0.4, -0.2) is 63.7 Å². The van der Waals surface area contributed by atoms with E-state index in [1.165, 1.54) is 14.2 Å². The molecule has 1 amide bonds. The van der Waals surface area contributed by atoms with Crippen LogP contribution in [0, 0.1) is 0 Å². The van der Waals surface area contributed by atoms with Crippen LogP contribution in [0.1, 0.15) is 27.6 Å². The number of esters is 1. The van der Waals surface area contributed by atoms with Crippen LogP contribution in [0.4, 0.5) is 11.4 Å². The Morgan fingerprint density at radius 2 is 1.73 bits per heavy atom. The lowest BCUT2D eigenvalue weighted by atomic mass is 10.1. The van der Waals surface area contributed by atoms with Crippen molar-refractivity contribution in [3.8, 4) is 5.75 Å². The number of piperazine rings is 1. The Labute approximate surface area is 181 Å². The number of carbonyl (C=O) groups is 2. The Hall–Kier alpha value is -2.77. The fourth-order valence-corrected chi connectivity index (χ4v) is 3.72. The van der Waals surface area contributed by atoms with E-state index in [2.05, 4.69) is 22.0 Å². The van der Waals surface area contributed by atoms with Crippen molar-refractivity contribution in [1.29, 1.82) is 0 Å². The molecule has 0 unspecified atom stereocenters. The van der Waals surface area contributed by atoms with Gasteiger partial charge in [-0.25, -0.2) is 4.79 Å². The Bertz CT molecular complexity index is 927. The van der Waals surface area contributed by atoms with Crippen LogP contribution in [0.2, 0.25) is 5.02 Å². The first kappa shape index (κ1) is 21.9. The predicted octanol–water partition coefficient (Wildman–Crippen LogP) is 3.53. The number of rotatable bonds is 6. The molecule has 2 aromatic rings. The topological polar surface area (TPSA) is 71.1 Å². The van der Waals surface area contributed by atoms with Crippen molar-refractivity contribution >= 4 is 34.9 Å². The van der Waals surface area contributed by atoms with Gasteiger partial charge in [-0.2, -0.15) is 0 Å². The van der Waals surface area contributed by atoms with Gasteiger partial charge in [0.15, 0.2) is 0 Å². The number of likely N-dealkylation sites (N-methyl/N-ethyl adjacent to an activating group) is 1. The number of methoxy groups -OCH3 is 2. The van der Waals surface area contributed by atoms with Gasteiger partial charge in [0.25, 0.3) is 5.91 Å². The van der Waals surface area contributed by atoms with Crippen LogP contribution in [0.15, 0.2) is 36.4 Å². The molecule has 0 bridgehead atoms. The van der Waals surface area contributed by atoms with Crippen molar-refractivity contribution < 1.29 is 19.1 Å². The summed E-state index contributed by atoms with van der Waals surface area (Å²) in [6.07, 6.45) is 0. The molecule has 0 atom stereocenters. The number of nitrogens with zero attached hydrogens (tertiary/aromatic N) is 2. The maximum absolute atomic E-state index is 12.9. The van der Waals surface area contributed by atoms with E-state index in [1.54, 1.807) is 30.3 Å². The molecular formula is C22H26ClN3O4. The zero-order chi connectivity index (χ0) is 21.7. The van der Waals surface area contributed by atoms with Crippen LogP contribution in [0.5, 0.6) is 5.75 Å². The smallest absolute Gasteiger partial charge is 0.337 e. The first-order chi connectivity index (χ1) is 14.5. The normalized spacial score (nSPS) is 14.3. The molecule has 0 spiro atoms. The summed E-state index contributed by atoms with van der Waals surface area (Å²) < 4.78 is 9.98. The fourth-order valence-electron chi connectivity index (χ4n) is 3.46. The molecule has 1 saturated heterocycles. The van der Waals surface area contributed by atoms with Gasteiger partial charge >= 0.3 is 5.97 Å². The van der Waals surface area contributed by atoms with Gasteiger partial charge in [-0.05, 0) is 42.9 Å². The molecule has 0 saturated carbocycles. The molecule has 30 heavy (non-hydrogen) atoms. The summed E-state index contributed by atoms with van der Waals surface area (Å²) in [5, 5.41) is 3.28. The highest BCUT2D eigenvalue weighted by molar-refractivity contribution is 6.32. The van der Waals surface area contributed by atoms with E-state index in [-0.39, 0.29) is 5.91 Å². The molecule has 160 valence electrons. The van der Waals surface area contributed by atoms with Crippen molar-refractivity contribution in [2.45, 2.75) is 6.92 Å². The standard InChI is InChI=1S/C22H26ClN3O4/c1-4-25-9-11-26(12-10-25)19-7-5-16(22(28)30-3)14-18(19)24-21(27)15-6-8-20(29-2)17(23)13-15/h5-8,13-14H,4,9-12H2,1-3H3,(H,24,27). The SMILES string of the molecule is CCN1CCN(c2ccc(C(=O)OC)cc2NC(=O)c2ccc(OC)c(Cl)c2)CC1. The number of hydrogen-bond donors (Lipinski definition) is 1. The lowest BCUT2D eigenvalue weighted by Gasteiger charge is -2.36. The van der Waals surface area contributed by atoms with Crippen LogP contribution in [0.25, 0.3) is 0 Å².